The molecule has 2 aromatic rings. The van der Waals surface area contributed by atoms with E-state index in [4.69, 9.17) is 68.2 Å². The first-order valence-corrected chi connectivity index (χ1v) is 18.6. The van der Waals surface area contributed by atoms with E-state index in [0.717, 1.165) is 52.7 Å². The SMILES string of the molecule is C1COCC2COCC2N1.CC1(C)COCCN1c1nc(Cl)nc(Cl)n1.CC1(C)COCCN1c1nc(Cl)nc(N2C3COCC34COCC24)n1. The van der Waals surface area contributed by atoms with Crippen LogP contribution < -0.4 is 20.0 Å². The van der Waals surface area contributed by atoms with Crippen molar-refractivity contribution < 1.29 is 28.4 Å². The van der Waals surface area contributed by atoms with Gasteiger partial charge in [-0.15, -0.1) is 0 Å². The summed E-state index contributed by atoms with van der Waals surface area (Å²) in [5.41, 5.74) is -0.268. The topological polar surface area (TPSA) is 154 Å². The van der Waals surface area contributed by atoms with Gasteiger partial charge in [0.25, 0.3) is 0 Å². The van der Waals surface area contributed by atoms with Crippen molar-refractivity contribution in [2.75, 3.05) is 114 Å². The largest absolute Gasteiger partial charge is 0.380 e. The number of halogens is 3. The molecule has 0 saturated carbocycles. The van der Waals surface area contributed by atoms with Gasteiger partial charge < -0.3 is 48.4 Å². The van der Waals surface area contributed by atoms with Gasteiger partial charge in [-0.3, -0.25) is 0 Å². The zero-order valence-electron chi connectivity index (χ0n) is 29.5. The number of nitrogens with zero attached hydrogens (tertiary/aromatic N) is 9. The van der Waals surface area contributed by atoms with E-state index >= 15 is 0 Å². The fourth-order valence-electron chi connectivity index (χ4n) is 7.83. The highest BCUT2D eigenvalue weighted by Gasteiger charge is 2.67. The van der Waals surface area contributed by atoms with Crippen LogP contribution in [0.4, 0.5) is 17.8 Å². The molecule has 7 aliphatic heterocycles. The molecule has 9 heterocycles. The normalized spacial score (nSPS) is 31.9. The van der Waals surface area contributed by atoms with E-state index < -0.39 is 0 Å². The Morgan fingerprint density at radius 3 is 1.69 bits per heavy atom. The second-order valence-electron chi connectivity index (χ2n) is 15.0. The van der Waals surface area contributed by atoms with Crippen molar-refractivity contribution >= 4 is 52.6 Å². The molecule has 9 rings (SSSR count). The fraction of sp³-hybridized carbons (Fsp3) is 0.812. The zero-order chi connectivity index (χ0) is 35.8. The molecule has 0 amide bonds. The van der Waals surface area contributed by atoms with Crippen molar-refractivity contribution in [3.63, 3.8) is 0 Å². The van der Waals surface area contributed by atoms with Gasteiger partial charge in [0, 0.05) is 31.6 Å². The maximum Gasteiger partial charge on any atom is 0.232 e. The Labute approximate surface area is 313 Å². The molecular formula is C32H47Cl3N10O6. The predicted octanol–water partition coefficient (Wildman–Crippen LogP) is 2.16. The van der Waals surface area contributed by atoms with Crippen molar-refractivity contribution in [3.8, 4) is 0 Å². The van der Waals surface area contributed by atoms with E-state index in [-0.39, 0.29) is 44.4 Å². The molecular weight excluding hydrogens is 727 g/mol. The lowest BCUT2D eigenvalue weighted by Gasteiger charge is -2.55. The molecule has 19 heteroatoms. The van der Waals surface area contributed by atoms with Gasteiger partial charge in [-0.1, -0.05) is 0 Å². The third-order valence-corrected chi connectivity index (χ3v) is 11.1. The summed E-state index contributed by atoms with van der Waals surface area (Å²) in [5, 5.41) is 3.83. The first-order chi connectivity index (χ1) is 24.5. The van der Waals surface area contributed by atoms with Gasteiger partial charge in [-0.25, -0.2) is 0 Å². The molecule has 0 radical (unpaired) electrons. The number of rotatable bonds is 3. The minimum atomic E-state index is -0.189. The average Bonchev–Trinajstić information content (AvgIpc) is 3.73. The van der Waals surface area contributed by atoms with Crippen LogP contribution in [0.15, 0.2) is 0 Å². The highest BCUT2D eigenvalue weighted by molar-refractivity contribution is 6.31. The van der Waals surface area contributed by atoms with Crippen LogP contribution in [0, 0.1) is 11.3 Å². The summed E-state index contributed by atoms with van der Waals surface area (Å²) in [5.74, 6) is 2.33. The number of hydrogen-bond donors (Lipinski definition) is 1. The van der Waals surface area contributed by atoms with Gasteiger partial charge in [0.2, 0.25) is 33.7 Å². The van der Waals surface area contributed by atoms with E-state index in [1.165, 1.54) is 0 Å². The molecule has 51 heavy (non-hydrogen) atoms. The smallest absolute Gasteiger partial charge is 0.232 e. The lowest BCUT2D eigenvalue weighted by atomic mass is 9.69. The van der Waals surface area contributed by atoms with Gasteiger partial charge in [-0.2, -0.15) is 29.9 Å². The summed E-state index contributed by atoms with van der Waals surface area (Å²) in [6.07, 6.45) is 0. The summed E-state index contributed by atoms with van der Waals surface area (Å²) < 4.78 is 33.2. The van der Waals surface area contributed by atoms with Crippen LogP contribution in [0.25, 0.3) is 0 Å². The van der Waals surface area contributed by atoms with Crippen molar-refractivity contribution in [2.45, 2.75) is 56.9 Å². The molecule has 1 spiro atoms. The summed E-state index contributed by atoms with van der Waals surface area (Å²) in [7, 11) is 0. The second kappa shape index (κ2) is 15.4. The predicted molar refractivity (Wildman–Crippen MR) is 190 cm³/mol. The van der Waals surface area contributed by atoms with Crippen LogP contribution in [0.3, 0.4) is 0 Å². The Balaban J connectivity index is 0.000000133. The molecule has 7 fully saturated rings. The first-order valence-electron chi connectivity index (χ1n) is 17.5. The van der Waals surface area contributed by atoms with Crippen LogP contribution in [0.2, 0.25) is 15.9 Å². The summed E-state index contributed by atoms with van der Waals surface area (Å²) >= 11 is 17.8. The summed E-state index contributed by atoms with van der Waals surface area (Å²) in [6, 6.07) is 1.07. The quantitative estimate of drug-likeness (QED) is 0.484. The molecule has 0 aliphatic carbocycles. The minimum Gasteiger partial charge on any atom is -0.380 e. The van der Waals surface area contributed by atoms with Crippen LogP contribution >= 0.6 is 34.8 Å². The molecule has 16 nitrogen and oxygen atoms in total. The molecule has 4 atom stereocenters. The molecule has 4 unspecified atom stereocenters. The standard InChI is InChI=1S/C16H22ClN5O3.C9H12Cl2N4O.C7H13NO2/c1-15(2)7-23-4-3-21(15)13-18-12(17)19-14(20-13)22-10-5-24-8-16(10)9-25-6-11(16)22;1-9(2)5-16-4-3-15(9)8-13-6(10)12-7(11)14-8;1-2-9-3-6-4-10-5-7(6)8-1/h10-11H,3-9H2,1-2H3;3-5H2,1-2H3;6-8H,1-5H2. The average molecular weight is 774 g/mol. The van der Waals surface area contributed by atoms with E-state index in [0.29, 0.717) is 76.0 Å². The maximum atomic E-state index is 6.26. The number of anilines is 3. The molecule has 1 N–H and O–H groups in total. The van der Waals surface area contributed by atoms with Gasteiger partial charge in [0.15, 0.2) is 0 Å². The van der Waals surface area contributed by atoms with Crippen LogP contribution in [-0.2, 0) is 28.4 Å². The third-order valence-electron chi connectivity index (χ3n) is 10.6. The Kier molecular flexibility index (Phi) is 11.3. The monoisotopic (exact) mass is 772 g/mol. The number of fused-ring (bicyclic) bond motifs is 1. The van der Waals surface area contributed by atoms with Crippen LogP contribution in [-0.4, -0.2) is 158 Å². The van der Waals surface area contributed by atoms with Gasteiger partial charge in [-0.05, 0) is 62.5 Å². The molecule has 0 aromatic carbocycles. The van der Waals surface area contributed by atoms with Gasteiger partial charge in [0.05, 0.1) is 108 Å². The Bertz CT molecular complexity index is 1480. The number of aromatic nitrogens is 6. The number of hydrogen-bond acceptors (Lipinski definition) is 16. The van der Waals surface area contributed by atoms with E-state index in [1.54, 1.807) is 0 Å². The molecule has 7 saturated heterocycles. The van der Waals surface area contributed by atoms with Crippen molar-refractivity contribution in [2.24, 2.45) is 11.3 Å². The number of ether oxygens (including phenoxy) is 6. The number of morpholine rings is 2. The third kappa shape index (κ3) is 7.82. The van der Waals surface area contributed by atoms with Crippen LogP contribution in [0.5, 0.6) is 0 Å². The van der Waals surface area contributed by atoms with E-state index in [2.05, 4.69) is 67.7 Å². The zero-order valence-corrected chi connectivity index (χ0v) is 31.8. The van der Waals surface area contributed by atoms with E-state index in [1.807, 2.05) is 4.90 Å². The maximum absolute atomic E-state index is 6.26. The Hall–Kier alpha value is -1.99. The molecule has 7 aliphatic rings. The Morgan fingerprint density at radius 1 is 0.569 bits per heavy atom. The second-order valence-corrected chi connectivity index (χ2v) is 16.1. The minimum absolute atomic E-state index is 0.0947. The fourth-order valence-corrected chi connectivity index (χ4v) is 8.34. The molecule has 0 bridgehead atoms. The Morgan fingerprint density at radius 2 is 1.10 bits per heavy atom. The lowest BCUT2D eigenvalue weighted by Crippen LogP contribution is -2.71. The van der Waals surface area contributed by atoms with E-state index in [9.17, 15) is 0 Å². The van der Waals surface area contributed by atoms with Gasteiger partial charge in [0.1, 0.15) is 0 Å². The molecule has 2 aromatic heterocycles. The highest BCUT2D eigenvalue weighted by Crippen LogP contribution is 2.53. The van der Waals surface area contributed by atoms with Crippen molar-refractivity contribution in [1.82, 2.24) is 35.2 Å². The molecule has 282 valence electrons. The summed E-state index contributed by atoms with van der Waals surface area (Å²) in [6.45, 7) is 19.6. The number of nitrogens with one attached hydrogen (secondary N) is 1. The lowest BCUT2D eigenvalue weighted by molar-refractivity contribution is 0.0633. The van der Waals surface area contributed by atoms with Gasteiger partial charge >= 0.3 is 0 Å². The highest BCUT2D eigenvalue weighted by atomic mass is 35.5. The van der Waals surface area contributed by atoms with Crippen molar-refractivity contribution in [3.05, 3.63) is 15.9 Å². The first kappa shape index (κ1) is 37.3. The summed E-state index contributed by atoms with van der Waals surface area (Å²) in [4.78, 5) is 31.9. The van der Waals surface area contributed by atoms with Crippen LogP contribution in [0.1, 0.15) is 27.7 Å². The van der Waals surface area contributed by atoms with Crippen molar-refractivity contribution in [1.29, 1.82) is 0 Å².